The molecule has 0 aromatic carbocycles. The summed E-state index contributed by atoms with van der Waals surface area (Å²) in [5.74, 6) is -0.361. The molecular formula is C19H24N4O4S2. The molecule has 1 amide bonds. The zero-order valence-electron chi connectivity index (χ0n) is 15.9. The molecule has 0 radical (unpaired) electrons. The van der Waals surface area contributed by atoms with Gasteiger partial charge in [0.1, 0.15) is 9.77 Å². The van der Waals surface area contributed by atoms with Crippen LogP contribution in [0.2, 0.25) is 0 Å². The highest BCUT2D eigenvalue weighted by Gasteiger charge is 2.33. The molecule has 4 heterocycles. The Morgan fingerprint density at radius 3 is 2.97 bits per heavy atom. The Morgan fingerprint density at radius 2 is 2.17 bits per heavy atom. The molecule has 29 heavy (non-hydrogen) atoms. The van der Waals surface area contributed by atoms with E-state index in [1.807, 2.05) is 0 Å². The Balaban J connectivity index is 1.50. The lowest BCUT2D eigenvalue weighted by Crippen LogP contribution is -2.43. The summed E-state index contributed by atoms with van der Waals surface area (Å²) in [6.45, 7) is 1.77. The molecule has 2 aromatic rings. The van der Waals surface area contributed by atoms with Crippen molar-refractivity contribution in [2.45, 2.75) is 43.2 Å². The highest BCUT2D eigenvalue weighted by Crippen LogP contribution is 2.28. The number of piperidine rings is 1. The molecule has 10 heteroatoms. The zero-order valence-corrected chi connectivity index (χ0v) is 17.6. The summed E-state index contributed by atoms with van der Waals surface area (Å²) in [6, 6.07) is 3.45. The minimum absolute atomic E-state index is 0.0323. The third-order valence-electron chi connectivity index (χ3n) is 5.49. The van der Waals surface area contributed by atoms with Gasteiger partial charge in [-0.05, 0) is 48.9 Å². The van der Waals surface area contributed by atoms with E-state index in [2.05, 4.69) is 15.6 Å². The molecule has 4 rings (SSSR count). The number of fused-ring (bicyclic) bond motifs is 1. The third-order valence-corrected chi connectivity index (χ3v) is 8.42. The number of thiophene rings is 1. The number of carbonyl (C=O) groups is 1. The van der Waals surface area contributed by atoms with Crippen LogP contribution in [-0.4, -0.2) is 49.3 Å². The molecule has 0 saturated carbocycles. The maximum Gasteiger partial charge on any atom is 0.262 e. The van der Waals surface area contributed by atoms with E-state index >= 15 is 0 Å². The van der Waals surface area contributed by atoms with Gasteiger partial charge in [-0.25, -0.2) is 8.42 Å². The van der Waals surface area contributed by atoms with Crippen molar-refractivity contribution in [1.29, 1.82) is 0 Å². The van der Waals surface area contributed by atoms with Gasteiger partial charge in [0.2, 0.25) is 10.0 Å². The standard InChI is InChI=1S/C19H24N4O4S2/c24-18-15-5-9-23(12-13(15)4-8-21-18)29(26,27)16-6-10-28-17(16)19(25)22-11-14-3-1-2-7-20-14/h4,6,8,10,14,20H,1-3,5,7,9,11-12H2,(H,21,24)(H,22,25)/t14-/m1/s1. The van der Waals surface area contributed by atoms with Gasteiger partial charge in [-0.3, -0.25) is 9.59 Å². The van der Waals surface area contributed by atoms with Crippen LogP contribution in [0, 0.1) is 0 Å². The smallest absolute Gasteiger partial charge is 0.262 e. The fourth-order valence-electron chi connectivity index (χ4n) is 3.88. The van der Waals surface area contributed by atoms with Gasteiger partial charge < -0.3 is 15.6 Å². The van der Waals surface area contributed by atoms with Crippen LogP contribution >= 0.6 is 11.3 Å². The first-order valence-electron chi connectivity index (χ1n) is 9.75. The average molecular weight is 437 g/mol. The number of aromatic amines is 1. The molecule has 1 saturated heterocycles. The van der Waals surface area contributed by atoms with E-state index in [1.54, 1.807) is 11.4 Å². The minimum atomic E-state index is -3.84. The summed E-state index contributed by atoms with van der Waals surface area (Å²) in [7, 11) is -3.84. The quantitative estimate of drug-likeness (QED) is 0.649. The van der Waals surface area contributed by atoms with Crippen LogP contribution in [-0.2, 0) is 23.0 Å². The molecule has 8 nitrogen and oxygen atoms in total. The van der Waals surface area contributed by atoms with Crippen LogP contribution in [0.25, 0.3) is 0 Å². The van der Waals surface area contributed by atoms with Gasteiger partial charge in [0.05, 0.1) is 0 Å². The highest BCUT2D eigenvalue weighted by atomic mass is 32.2. The predicted octanol–water partition coefficient (Wildman–Crippen LogP) is 1.06. The summed E-state index contributed by atoms with van der Waals surface area (Å²) >= 11 is 1.13. The lowest BCUT2D eigenvalue weighted by atomic mass is 10.0. The van der Waals surface area contributed by atoms with E-state index in [0.717, 1.165) is 37.1 Å². The largest absolute Gasteiger partial charge is 0.350 e. The van der Waals surface area contributed by atoms with Crippen LogP contribution in [0.5, 0.6) is 0 Å². The van der Waals surface area contributed by atoms with Crippen molar-refractivity contribution >= 4 is 27.3 Å². The van der Waals surface area contributed by atoms with Crippen LogP contribution in [0.15, 0.2) is 33.4 Å². The van der Waals surface area contributed by atoms with Gasteiger partial charge in [-0.2, -0.15) is 4.31 Å². The number of pyridine rings is 1. The number of hydrogen-bond donors (Lipinski definition) is 3. The maximum atomic E-state index is 13.2. The summed E-state index contributed by atoms with van der Waals surface area (Å²) in [6.07, 6.45) is 5.15. The first-order chi connectivity index (χ1) is 14.0. The minimum Gasteiger partial charge on any atom is -0.350 e. The molecule has 0 bridgehead atoms. The van der Waals surface area contributed by atoms with Crippen molar-refractivity contribution < 1.29 is 13.2 Å². The van der Waals surface area contributed by atoms with Crippen LogP contribution in [0.1, 0.15) is 40.1 Å². The zero-order chi connectivity index (χ0) is 20.4. The SMILES string of the molecule is O=C(NC[C@H]1CCCCN1)c1sccc1S(=O)(=O)N1CCc2c(cc[nH]c2=O)C1. The second kappa shape index (κ2) is 8.39. The second-order valence-corrected chi connectivity index (χ2v) is 10.2. The molecule has 2 aliphatic heterocycles. The number of rotatable bonds is 5. The fraction of sp³-hybridized carbons (Fsp3) is 0.474. The molecule has 2 aromatic heterocycles. The highest BCUT2D eigenvalue weighted by molar-refractivity contribution is 7.89. The lowest BCUT2D eigenvalue weighted by Gasteiger charge is -2.27. The van der Waals surface area contributed by atoms with E-state index in [0.29, 0.717) is 24.1 Å². The van der Waals surface area contributed by atoms with Crippen molar-refractivity contribution in [3.63, 3.8) is 0 Å². The molecule has 0 aliphatic carbocycles. The van der Waals surface area contributed by atoms with Crippen molar-refractivity contribution in [3.8, 4) is 0 Å². The number of carbonyl (C=O) groups excluding carboxylic acids is 1. The van der Waals surface area contributed by atoms with Crippen molar-refractivity contribution in [1.82, 2.24) is 19.9 Å². The molecule has 1 atom stereocenters. The first kappa shape index (κ1) is 20.3. The number of aromatic nitrogens is 1. The molecule has 0 spiro atoms. The van der Waals surface area contributed by atoms with E-state index in [9.17, 15) is 18.0 Å². The predicted molar refractivity (Wildman–Crippen MR) is 111 cm³/mol. The van der Waals surface area contributed by atoms with Crippen LogP contribution < -0.4 is 16.2 Å². The van der Waals surface area contributed by atoms with E-state index < -0.39 is 10.0 Å². The number of sulfonamides is 1. The molecular weight excluding hydrogens is 412 g/mol. The first-order valence-corrected chi connectivity index (χ1v) is 12.1. The normalized spacial score (nSPS) is 20.2. The van der Waals surface area contributed by atoms with Crippen LogP contribution in [0.3, 0.4) is 0 Å². The number of H-pyrrole nitrogens is 1. The van der Waals surface area contributed by atoms with Gasteiger partial charge >= 0.3 is 0 Å². The van der Waals surface area contributed by atoms with Crippen molar-refractivity contribution in [2.75, 3.05) is 19.6 Å². The molecule has 156 valence electrons. The number of amides is 1. The summed E-state index contributed by atoms with van der Waals surface area (Å²) in [5.41, 5.74) is 1.15. The van der Waals surface area contributed by atoms with Crippen molar-refractivity contribution in [2.24, 2.45) is 0 Å². The van der Waals surface area contributed by atoms with Gasteiger partial charge in [0.15, 0.2) is 0 Å². The lowest BCUT2D eigenvalue weighted by molar-refractivity contribution is 0.0948. The Labute approximate surface area is 173 Å². The molecule has 0 unspecified atom stereocenters. The number of hydrogen-bond acceptors (Lipinski definition) is 6. The van der Waals surface area contributed by atoms with Gasteiger partial charge in [0, 0.05) is 37.4 Å². The third kappa shape index (κ3) is 4.16. The molecule has 3 N–H and O–H groups in total. The molecule has 2 aliphatic rings. The van der Waals surface area contributed by atoms with E-state index in [1.165, 1.54) is 16.6 Å². The van der Waals surface area contributed by atoms with Gasteiger partial charge in [-0.1, -0.05) is 6.42 Å². The van der Waals surface area contributed by atoms with Crippen LogP contribution in [0.4, 0.5) is 0 Å². The number of nitrogens with zero attached hydrogens (tertiary/aromatic N) is 1. The summed E-state index contributed by atoms with van der Waals surface area (Å²) in [4.78, 5) is 27.5. The summed E-state index contributed by atoms with van der Waals surface area (Å²) in [5, 5.41) is 7.87. The van der Waals surface area contributed by atoms with Gasteiger partial charge in [-0.15, -0.1) is 11.3 Å². The van der Waals surface area contributed by atoms with E-state index in [-0.39, 0.29) is 40.4 Å². The summed E-state index contributed by atoms with van der Waals surface area (Å²) < 4.78 is 27.8. The van der Waals surface area contributed by atoms with E-state index in [4.69, 9.17) is 0 Å². The monoisotopic (exact) mass is 436 g/mol. The maximum absolute atomic E-state index is 13.2. The second-order valence-electron chi connectivity index (χ2n) is 7.37. The number of nitrogens with one attached hydrogen (secondary N) is 3. The Kier molecular flexibility index (Phi) is 5.86. The van der Waals surface area contributed by atoms with Crippen molar-refractivity contribution in [3.05, 3.63) is 50.1 Å². The molecule has 1 fully saturated rings. The Bertz CT molecular complexity index is 1050. The fourth-order valence-corrected chi connectivity index (χ4v) is 6.62. The average Bonchev–Trinajstić information content (AvgIpc) is 3.24. The Hall–Kier alpha value is -2.01. The topological polar surface area (TPSA) is 111 Å². The van der Waals surface area contributed by atoms with Gasteiger partial charge in [0.25, 0.3) is 11.5 Å². The Morgan fingerprint density at radius 1 is 1.31 bits per heavy atom.